The van der Waals surface area contributed by atoms with Crippen molar-refractivity contribution in [2.75, 3.05) is 18.6 Å². The lowest BCUT2D eigenvalue weighted by Gasteiger charge is -2.29. The number of halogens is 1. The van der Waals surface area contributed by atoms with E-state index in [1.54, 1.807) is 0 Å². The van der Waals surface area contributed by atoms with Gasteiger partial charge in [0, 0.05) is 29.4 Å². The Kier molecular flexibility index (Phi) is 4.31. The molecule has 1 saturated heterocycles. The first-order valence-electron chi connectivity index (χ1n) is 6.16. The highest BCUT2D eigenvalue weighted by Crippen LogP contribution is 2.28. The molecule has 0 aliphatic carbocycles. The van der Waals surface area contributed by atoms with Crippen molar-refractivity contribution >= 4 is 27.5 Å². The van der Waals surface area contributed by atoms with Crippen molar-refractivity contribution in [3.63, 3.8) is 0 Å². The number of nitrogens with two attached hydrogens (primary N) is 1. The van der Waals surface area contributed by atoms with E-state index < -0.39 is 0 Å². The fourth-order valence-electron chi connectivity index (χ4n) is 2.41. The van der Waals surface area contributed by atoms with E-state index in [9.17, 15) is 0 Å². The number of anilines is 1. The summed E-state index contributed by atoms with van der Waals surface area (Å²) in [4.78, 5) is 2.21. The largest absolute Gasteiger partial charge is 0.409 e. The van der Waals surface area contributed by atoms with Crippen molar-refractivity contribution in [3.05, 3.63) is 28.2 Å². The van der Waals surface area contributed by atoms with E-state index in [1.165, 1.54) is 0 Å². The summed E-state index contributed by atoms with van der Waals surface area (Å²) in [6.45, 7) is 2.90. The number of rotatable bonds is 3. The minimum Gasteiger partial charge on any atom is -0.409 e. The molecule has 3 N–H and O–H groups in total. The maximum absolute atomic E-state index is 8.71. The van der Waals surface area contributed by atoms with Crippen molar-refractivity contribution in [1.82, 2.24) is 0 Å². The molecule has 5 nitrogen and oxygen atoms in total. The smallest absolute Gasteiger partial charge is 0.171 e. The Bertz CT molecular complexity index is 493. The number of ether oxygens (including phenoxy) is 1. The van der Waals surface area contributed by atoms with Gasteiger partial charge in [0.2, 0.25) is 0 Å². The van der Waals surface area contributed by atoms with Crippen LogP contribution in [-0.2, 0) is 4.74 Å². The molecule has 1 heterocycles. The summed E-state index contributed by atoms with van der Waals surface area (Å²) < 4.78 is 6.40. The van der Waals surface area contributed by atoms with Gasteiger partial charge in [-0.2, -0.15) is 0 Å². The predicted octanol–water partition coefficient (Wildman–Crippen LogP) is 2.16. The zero-order chi connectivity index (χ0) is 14.0. The van der Waals surface area contributed by atoms with E-state index in [1.807, 2.05) is 18.2 Å². The molecule has 1 aromatic carbocycles. The molecule has 1 aromatic rings. The molecule has 6 heteroatoms. The molecule has 1 aliphatic heterocycles. The summed E-state index contributed by atoms with van der Waals surface area (Å²) in [6.07, 6.45) is 1.25. The number of amidine groups is 1. The van der Waals surface area contributed by atoms with E-state index in [-0.39, 0.29) is 11.9 Å². The first kappa shape index (κ1) is 14.1. The third kappa shape index (κ3) is 2.84. The molecule has 2 rings (SSSR count). The molecule has 2 atom stereocenters. The molecule has 0 saturated carbocycles. The van der Waals surface area contributed by atoms with Gasteiger partial charge in [-0.15, -0.1) is 0 Å². The highest BCUT2D eigenvalue weighted by atomic mass is 79.9. The van der Waals surface area contributed by atoms with Crippen molar-refractivity contribution in [1.29, 1.82) is 0 Å². The maximum atomic E-state index is 8.71. The fourth-order valence-corrected chi connectivity index (χ4v) is 2.98. The monoisotopic (exact) mass is 327 g/mol. The molecule has 104 valence electrons. The van der Waals surface area contributed by atoms with Crippen molar-refractivity contribution < 1.29 is 9.94 Å². The minimum absolute atomic E-state index is 0.0960. The fraction of sp³-hybridized carbons (Fsp3) is 0.462. The van der Waals surface area contributed by atoms with Crippen LogP contribution >= 0.6 is 15.9 Å². The van der Waals surface area contributed by atoms with Gasteiger partial charge in [-0.1, -0.05) is 5.16 Å². The van der Waals surface area contributed by atoms with Crippen LogP contribution in [0.4, 0.5) is 5.69 Å². The standard InChI is InChI=1S/C13H18BrN3O2/c1-8-12(5-6-19-8)17(2)9-3-4-10(11(14)7-9)13(15)16-18/h3-4,7-8,12,18H,5-6H2,1-2H3,(H2,15,16). The summed E-state index contributed by atoms with van der Waals surface area (Å²) in [5.41, 5.74) is 7.35. The summed E-state index contributed by atoms with van der Waals surface area (Å²) in [6, 6.07) is 6.15. The normalized spacial score (nSPS) is 23.6. The molecule has 0 spiro atoms. The van der Waals surface area contributed by atoms with Crippen molar-refractivity contribution in [2.24, 2.45) is 10.9 Å². The van der Waals surface area contributed by atoms with Gasteiger partial charge in [0.15, 0.2) is 5.84 Å². The molecule has 2 unspecified atom stereocenters. The highest BCUT2D eigenvalue weighted by molar-refractivity contribution is 9.10. The van der Waals surface area contributed by atoms with Gasteiger partial charge in [0.25, 0.3) is 0 Å². The number of benzene rings is 1. The van der Waals surface area contributed by atoms with E-state index in [0.717, 1.165) is 23.2 Å². The Labute approximate surface area is 121 Å². The number of likely N-dealkylation sites (N-methyl/N-ethyl adjacent to an activating group) is 1. The molecule has 0 aromatic heterocycles. The number of hydrogen-bond acceptors (Lipinski definition) is 4. The van der Waals surface area contributed by atoms with Crippen LogP contribution in [0.15, 0.2) is 27.8 Å². The Morgan fingerprint density at radius 2 is 2.32 bits per heavy atom. The van der Waals surface area contributed by atoms with E-state index in [0.29, 0.717) is 11.6 Å². The third-order valence-electron chi connectivity index (χ3n) is 3.58. The van der Waals surface area contributed by atoms with E-state index in [4.69, 9.17) is 15.7 Å². The zero-order valence-electron chi connectivity index (χ0n) is 11.0. The summed E-state index contributed by atoms with van der Waals surface area (Å²) in [7, 11) is 2.06. The molecule has 1 aliphatic rings. The topological polar surface area (TPSA) is 71.1 Å². The number of nitrogens with zero attached hydrogens (tertiary/aromatic N) is 2. The van der Waals surface area contributed by atoms with Crippen LogP contribution in [0, 0.1) is 0 Å². The Balaban J connectivity index is 2.24. The molecule has 19 heavy (non-hydrogen) atoms. The van der Waals surface area contributed by atoms with Gasteiger partial charge < -0.3 is 20.6 Å². The average Bonchev–Trinajstić information content (AvgIpc) is 2.83. The quantitative estimate of drug-likeness (QED) is 0.386. The van der Waals surface area contributed by atoms with Crippen molar-refractivity contribution in [2.45, 2.75) is 25.5 Å². The second-order valence-corrected chi connectivity index (χ2v) is 5.55. The Morgan fingerprint density at radius 3 is 2.84 bits per heavy atom. The lowest BCUT2D eigenvalue weighted by molar-refractivity contribution is 0.118. The second-order valence-electron chi connectivity index (χ2n) is 4.69. The lowest BCUT2D eigenvalue weighted by atomic mass is 10.1. The lowest BCUT2D eigenvalue weighted by Crippen LogP contribution is -2.36. The first-order chi connectivity index (χ1) is 9.04. The van der Waals surface area contributed by atoms with Gasteiger partial charge >= 0.3 is 0 Å². The third-order valence-corrected chi connectivity index (χ3v) is 4.23. The summed E-state index contributed by atoms with van der Waals surface area (Å²) >= 11 is 3.45. The molecular weight excluding hydrogens is 310 g/mol. The molecule has 1 fully saturated rings. The second kappa shape index (κ2) is 5.79. The van der Waals surface area contributed by atoms with Crippen molar-refractivity contribution in [3.8, 4) is 0 Å². The molecule has 0 radical (unpaired) electrons. The van der Waals surface area contributed by atoms with Crippen LogP contribution < -0.4 is 10.6 Å². The van der Waals surface area contributed by atoms with Gasteiger partial charge in [-0.3, -0.25) is 0 Å². The van der Waals surface area contributed by atoms with Crippen LogP contribution in [0.25, 0.3) is 0 Å². The molecular formula is C13H18BrN3O2. The van der Waals surface area contributed by atoms with Crippen LogP contribution in [0.1, 0.15) is 18.9 Å². The van der Waals surface area contributed by atoms with Gasteiger partial charge in [-0.25, -0.2) is 0 Å². The number of hydrogen-bond donors (Lipinski definition) is 2. The Morgan fingerprint density at radius 1 is 1.58 bits per heavy atom. The first-order valence-corrected chi connectivity index (χ1v) is 6.95. The number of oxime groups is 1. The van der Waals surface area contributed by atoms with E-state index in [2.05, 4.69) is 40.0 Å². The van der Waals surface area contributed by atoms with Crippen LogP contribution in [0.2, 0.25) is 0 Å². The Hall–Kier alpha value is -1.27. The maximum Gasteiger partial charge on any atom is 0.171 e. The van der Waals surface area contributed by atoms with Crippen LogP contribution in [-0.4, -0.2) is 36.8 Å². The summed E-state index contributed by atoms with van der Waals surface area (Å²) in [5, 5.41) is 11.7. The van der Waals surface area contributed by atoms with Gasteiger partial charge in [-0.05, 0) is 47.5 Å². The average molecular weight is 328 g/mol. The SMILES string of the molecule is CC1OCCC1N(C)c1ccc(/C(N)=N/O)c(Br)c1. The summed E-state index contributed by atoms with van der Waals surface area (Å²) in [5.74, 6) is 0.0960. The van der Waals surface area contributed by atoms with E-state index >= 15 is 0 Å². The van der Waals surface area contributed by atoms with Gasteiger partial charge in [0.05, 0.1) is 12.1 Å². The van der Waals surface area contributed by atoms with Crippen LogP contribution in [0.3, 0.4) is 0 Å². The molecule has 0 amide bonds. The zero-order valence-corrected chi connectivity index (χ0v) is 12.6. The molecule has 0 bridgehead atoms. The minimum atomic E-state index is 0.0960. The van der Waals surface area contributed by atoms with Gasteiger partial charge in [0.1, 0.15) is 0 Å². The predicted molar refractivity (Wildman–Crippen MR) is 78.9 cm³/mol. The van der Waals surface area contributed by atoms with Crippen LogP contribution in [0.5, 0.6) is 0 Å². The highest BCUT2D eigenvalue weighted by Gasteiger charge is 2.28.